The molecule has 3 amide bonds. The van der Waals surface area contributed by atoms with Gasteiger partial charge in [-0.3, -0.25) is 24.2 Å². The largest absolute Gasteiger partial charge is 0.292 e. The Labute approximate surface area is 156 Å². The summed E-state index contributed by atoms with van der Waals surface area (Å²) in [5.41, 5.74) is 0.515. The Morgan fingerprint density at radius 1 is 1.12 bits per heavy atom. The van der Waals surface area contributed by atoms with Gasteiger partial charge in [-0.25, -0.2) is 0 Å². The number of carbonyl (C=O) groups excluding carboxylic acids is 3. The second-order valence-corrected chi connectivity index (χ2v) is 8.21. The van der Waals surface area contributed by atoms with Crippen LogP contribution in [0.25, 0.3) is 0 Å². The zero-order valence-electron chi connectivity index (χ0n) is 14.3. The summed E-state index contributed by atoms with van der Waals surface area (Å²) >= 11 is 6.23. The van der Waals surface area contributed by atoms with Crippen molar-refractivity contribution in [2.45, 2.75) is 13.3 Å². The SMILES string of the molecule is CC(=O)N(CN1C(=O)[C@H]2[C@@H]3C=C[C@@H]([C@H]4C[C@H]34)[C@@H]2C1=O)c1ccccc1Cl. The van der Waals surface area contributed by atoms with Crippen molar-refractivity contribution in [1.82, 2.24) is 4.90 Å². The van der Waals surface area contributed by atoms with Crippen LogP contribution in [-0.4, -0.2) is 29.3 Å². The number of anilines is 1. The van der Waals surface area contributed by atoms with Gasteiger partial charge in [0.05, 0.1) is 22.5 Å². The van der Waals surface area contributed by atoms with E-state index in [-0.39, 0.29) is 48.1 Å². The molecule has 26 heavy (non-hydrogen) atoms. The van der Waals surface area contributed by atoms with Gasteiger partial charge in [0.1, 0.15) is 6.67 Å². The first-order chi connectivity index (χ1) is 12.5. The average molecular weight is 371 g/mol. The van der Waals surface area contributed by atoms with E-state index in [1.807, 2.05) is 0 Å². The van der Waals surface area contributed by atoms with E-state index >= 15 is 0 Å². The van der Waals surface area contributed by atoms with Crippen LogP contribution in [0.2, 0.25) is 5.02 Å². The molecule has 1 heterocycles. The van der Waals surface area contributed by atoms with Crippen LogP contribution in [0.4, 0.5) is 5.69 Å². The smallest absolute Gasteiger partial charge is 0.235 e. The number of likely N-dealkylation sites (tertiary alicyclic amines) is 1. The Balaban J connectivity index is 1.46. The molecule has 0 N–H and O–H groups in total. The molecule has 0 radical (unpaired) electrons. The highest BCUT2D eigenvalue weighted by Gasteiger charge is 2.67. The molecule has 6 rings (SSSR count). The maximum atomic E-state index is 13.1. The van der Waals surface area contributed by atoms with Gasteiger partial charge in [0.25, 0.3) is 0 Å². The summed E-state index contributed by atoms with van der Waals surface area (Å²) in [4.78, 5) is 41.1. The van der Waals surface area contributed by atoms with Crippen molar-refractivity contribution < 1.29 is 14.4 Å². The highest BCUT2D eigenvalue weighted by atomic mass is 35.5. The van der Waals surface area contributed by atoms with Crippen molar-refractivity contribution in [1.29, 1.82) is 0 Å². The van der Waals surface area contributed by atoms with Crippen LogP contribution in [0, 0.1) is 35.5 Å². The maximum absolute atomic E-state index is 13.1. The molecule has 1 aromatic rings. The molecule has 4 aliphatic carbocycles. The fourth-order valence-electron chi connectivity index (χ4n) is 5.32. The molecule has 0 spiro atoms. The summed E-state index contributed by atoms with van der Waals surface area (Å²) in [6.45, 7) is 1.35. The van der Waals surface area contributed by atoms with E-state index in [9.17, 15) is 14.4 Å². The number of amides is 3. The van der Waals surface area contributed by atoms with Gasteiger partial charge < -0.3 is 0 Å². The van der Waals surface area contributed by atoms with E-state index < -0.39 is 0 Å². The summed E-state index contributed by atoms with van der Waals surface area (Å²) in [6.07, 6.45) is 5.42. The summed E-state index contributed by atoms with van der Waals surface area (Å²) in [5.74, 6) is 0.474. The Morgan fingerprint density at radius 3 is 2.23 bits per heavy atom. The normalized spacial score (nSPS) is 36.2. The molecule has 5 aliphatic rings. The van der Waals surface area contributed by atoms with E-state index in [1.54, 1.807) is 24.3 Å². The molecule has 2 saturated carbocycles. The van der Waals surface area contributed by atoms with Gasteiger partial charge in [-0.1, -0.05) is 35.9 Å². The molecular weight excluding hydrogens is 352 g/mol. The molecular formula is C20H19ClN2O3. The average Bonchev–Trinajstić information content (AvgIpc) is 3.40. The molecule has 5 nitrogen and oxygen atoms in total. The topological polar surface area (TPSA) is 57.7 Å². The lowest BCUT2D eigenvalue weighted by Crippen LogP contribution is -2.44. The van der Waals surface area contributed by atoms with Gasteiger partial charge >= 0.3 is 0 Å². The van der Waals surface area contributed by atoms with Gasteiger partial charge in [-0.15, -0.1) is 0 Å². The third-order valence-corrected chi connectivity index (χ3v) is 6.88. The van der Waals surface area contributed by atoms with Crippen molar-refractivity contribution in [2.24, 2.45) is 35.5 Å². The number of hydrogen-bond acceptors (Lipinski definition) is 3. The van der Waals surface area contributed by atoms with Crippen molar-refractivity contribution in [3.63, 3.8) is 0 Å². The number of halogens is 1. The van der Waals surface area contributed by atoms with E-state index in [0.717, 1.165) is 6.42 Å². The number of para-hydroxylation sites is 1. The van der Waals surface area contributed by atoms with Crippen molar-refractivity contribution in [3.8, 4) is 0 Å². The maximum Gasteiger partial charge on any atom is 0.235 e. The highest BCUT2D eigenvalue weighted by molar-refractivity contribution is 6.33. The quantitative estimate of drug-likeness (QED) is 0.607. The lowest BCUT2D eigenvalue weighted by molar-refractivity contribution is -0.140. The van der Waals surface area contributed by atoms with Gasteiger partial charge in [0.2, 0.25) is 17.7 Å². The van der Waals surface area contributed by atoms with Crippen LogP contribution in [0.5, 0.6) is 0 Å². The van der Waals surface area contributed by atoms with Crippen molar-refractivity contribution in [3.05, 3.63) is 41.4 Å². The van der Waals surface area contributed by atoms with Crippen molar-refractivity contribution in [2.75, 3.05) is 11.6 Å². The number of carbonyl (C=O) groups is 3. The van der Waals surface area contributed by atoms with Crippen LogP contribution in [-0.2, 0) is 14.4 Å². The van der Waals surface area contributed by atoms with Crippen LogP contribution in [0.15, 0.2) is 36.4 Å². The Hall–Kier alpha value is -2.14. The molecule has 134 valence electrons. The molecule has 2 bridgehead atoms. The molecule has 6 heteroatoms. The number of benzene rings is 1. The zero-order chi connectivity index (χ0) is 18.2. The van der Waals surface area contributed by atoms with Gasteiger partial charge in [0.15, 0.2) is 0 Å². The minimum Gasteiger partial charge on any atom is -0.292 e. The standard InChI is InChI=1S/C20H19ClN2O3/c1-10(24)22(16-5-3-2-4-15(16)21)9-23-19(25)17-11-6-7-12(14-8-13(11)14)18(17)20(23)26/h2-7,11-14,17-18H,8-9H2,1H3/t11-,12+,13-,14-,17+,18+/m1/s1. The van der Waals surface area contributed by atoms with Crippen LogP contribution < -0.4 is 4.90 Å². The summed E-state index contributed by atoms with van der Waals surface area (Å²) < 4.78 is 0. The Bertz CT molecular complexity index is 830. The molecule has 3 fully saturated rings. The minimum atomic E-state index is -0.252. The fourth-order valence-corrected chi connectivity index (χ4v) is 5.55. The summed E-state index contributed by atoms with van der Waals surface area (Å²) in [6, 6.07) is 6.98. The molecule has 1 saturated heterocycles. The minimum absolute atomic E-state index is 0.0709. The van der Waals surface area contributed by atoms with Crippen molar-refractivity contribution >= 4 is 35.0 Å². The summed E-state index contributed by atoms with van der Waals surface area (Å²) in [7, 11) is 0. The third kappa shape index (κ3) is 2.07. The predicted molar refractivity (Wildman–Crippen MR) is 96.0 cm³/mol. The Morgan fingerprint density at radius 2 is 1.69 bits per heavy atom. The van der Waals surface area contributed by atoms with Gasteiger partial charge in [0, 0.05) is 6.92 Å². The van der Waals surface area contributed by atoms with E-state index in [1.165, 1.54) is 16.7 Å². The Kier molecular flexibility index (Phi) is 3.35. The molecule has 0 aromatic heterocycles. The molecule has 1 aromatic carbocycles. The number of allylic oxidation sites excluding steroid dienone is 2. The number of nitrogens with zero attached hydrogens (tertiary/aromatic N) is 2. The lowest BCUT2D eigenvalue weighted by Gasteiger charge is -2.37. The van der Waals surface area contributed by atoms with Crippen LogP contribution in [0.3, 0.4) is 0 Å². The highest BCUT2D eigenvalue weighted by Crippen LogP contribution is 2.65. The predicted octanol–water partition coefficient (Wildman–Crippen LogP) is 2.70. The fraction of sp³-hybridized carbons (Fsp3) is 0.450. The number of rotatable bonds is 3. The van der Waals surface area contributed by atoms with Crippen LogP contribution >= 0.6 is 11.6 Å². The van der Waals surface area contributed by atoms with Gasteiger partial charge in [-0.2, -0.15) is 0 Å². The van der Waals surface area contributed by atoms with Gasteiger partial charge in [-0.05, 0) is 42.2 Å². The first-order valence-electron chi connectivity index (χ1n) is 9.05. The van der Waals surface area contributed by atoms with E-state index in [4.69, 9.17) is 11.6 Å². The number of hydrogen-bond donors (Lipinski definition) is 0. The van der Waals surface area contributed by atoms with E-state index in [0.29, 0.717) is 22.5 Å². The summed E-state index contributed by atoms with van der Waals surface area (Å²) in [5, 5.41) is 0.419. The monoisotopic (exact) mass is 370 g/mol. The van der Waals surface area contributed by atoms with Crippen LogP contribution in [0.1, 0.15) is 13.3 Å². The second-order valence-electron chi connectivity index (χ2n) is 7.80. The molecule has 6 atom stereocenters. The van der Waals surface area contributed by atoms with E-state index in [2.05, 4.69) is 12.2 Å². The molecule has 0 unspecified atom stereocenters. The first-order valence-corrected chi connectivity index (χ1v) is 9.43. The first kappa shape index (κ1) is 16.1. The molecule has 1 aliphatic heterocycles. The number of imide groups is 1. The third-order valence-electron chi connectivity index (χ3n) is 6.56. The second kappa shape index (κ2) is 5.43. The lowest BCUT2D eigenvalue weighted by atomic mass is 9.63. The zero-order valence-corrected chi connectivity index (χ0v) is 15.1.